The predicted molar refractivity (Wildman–Crippen MR) is 160 cm³/mol. The zero-order chi connectivity index (χ0) is 29.8. The lowest BCUT2D eigenvalue weighted by atomic mass is 10.1. The minimum Gasteiger partial charge on any atom is -0.474 e. The highest BCUT2D eigenvalue weighted by Crippen LogP contribution is 2.24. The summed E-state index contributed by atoms with van der Waals surface area (Å²) in [4.78, 5) is 16.3. The maximum Gasteiger partial charge on any atom is 0.216 e. The van der Waals surface area contributed by atoms with Gasteiger partial charge in [-0.05, 0) is 56.5 Å². The van der Waals surface area contributed by atoms with Crippen molar-refractivity contribution in [2.24, 2.45) is 0 Å². The van der Waals surface area contributed by atoms with Crippen LogP contribution in [0.4, 0.5) is 4.39 Å². The lowest BCUT2D eigenvalue weighted by Crippen LogP contribution is -2.38. The zero-order valence-corrected chi connectivity index (χ0v) is 24.4. The molecule has 6 rings (SSSR count). The van der Waals surface area contributed by atoms with E-state index in [1.165, 1.54) is 11.6 Å². The number of nitrogens with zero attached hydrogens (tertiary/aromatic N) is 7. The van der Waals surface area contributed by atoms with Crippen LogP contribution in [0.1, 0.15) is 48.0 Å². The number of pyridine rings is 1. The number of hydrogen-bond acceptors (Lipinski definition) is 7. The highest BCUT2D eigenvalue weighted by atomic mass is 19.1. The molecule has 43 heavy (non-hydrogen) atoms. The number of piperidine rings is 1. The van der Waals surface area contributed by atoms with E-state index in [0.717, 1.165) is 68.1 Å². The Morgan fingerprint density at radius 1 is 1.02 bits per heavy atom. The first-order chi connectivity index (χ1) is 21.0. The zero-order valence-electron chi connectivity index (χ0n) is 24.4. The van der Waals surface area contributed by atoms with E-state index in [1.54, 1.807) is 18.2 Å². The number of likely N-dealkylation sites (tertiary alicyclic amines) is 1. The molecule has 0 radical (unpaired) electrons. The number of aryl methyl sites for hydroxylation is 2. The number of benzene rings is 2. The molecule has 2 aromatic carbocycles. The van der Waals surface area contributed by atoms with Crippen molar-refractivity contribution in [1.29, 1.82) is 5.26 Å². The molecule has 1 fully saturated rings. The van der Waals surface area contributed by atoms with E-state index in [-0.39, 0.29) is 18.3 Å². The molecule has 0 aliphatic carbocycles. The Balaban J connectivity index is 1.07. The second-order valence-electron chi connectivity index (χ2n) is 10.9. The van der Waals surface area contributed by atoms with Gasteiger partial charge in [-0.1, -0.05) is 18.2 Å². The molecule has 0 unspecified atom stereocenters. The molecule has 1 saturated heterocycles. The molecule has 9 nitrogen and oxygen atoms in total. The number of halogens is 1. The third-order valence-electron chi connectivity index (χ3n) is 7.88. The molecule has 10 heteroatoms. The van der Waals surface area contributed by atoms with Gasteiger partial charge in [-0.2, -0.15) is 10.2 Å². The molecule has 0 bridgehead atoms. The van der Waals surface area contributed by atoms with Crippen molar-refractivity contribution >= 4 is 11.0 Å². The fourth-order valence-corrected chi connectivity index (χ4v) is 5.49. The third kappa shape index (κ3) is 6.52. The first kappa shape index (κ1) is 28.4. The van der Waals surface area contributed by atoms with Crippen LogP contribution in [0.5, 0.6) is 11.8 Å². The summed E-state index contributed by atoms with van der Waals surface area (Å²) in [7, 11) is 0. The average molecular weight is 580 g/mol. The quantitative estimate of drug-likeness (QED) is 0.211. The number of ether oxygens (including phenoxy) is 2. The molecule has 1 aliphatic heterocycles. The Bertz CT molecular complexity index is 1760. The standard InChI is InChI=1S/C33H34FN7O2/c1-3-40-22-36-18-26(40)19-41-30-15-23(2)7-10-29(30)37-31(41)20-39-13-11-27(12-14-39)43-33-6-4-5-32(38-33)42-21-25-9-8-24(17-35)16-28(25)34/h4-10,15-16,18,22,27H,3,11-14,19-21H2,1-2H3. The second-order valence-corrected chi connectivity index (χ2v) is 10.9. The van der Waals surface area contributed by atoms with Gasteiger partial charge in [-0.15, -0.1) is 0 Å². The molecule has 1 aliphatic rings. The van der Waals surface area contributed by atoms with E-state index in [0.29, 0.717) is 17.3 Å². The fourth-order valence-electron chi connectivity index (χ4n) is 5.49. The van der Waals surface area contributed by atoms with Gasteiger partial charge in [0, 0.05) is 43.5 Å². The highest BCUT2D eigenvalue weighted by Gasteiger charge is 2.23. The fraction of sp³-hybridized carbons (Fsp3) is 0.333. The van der Waals surface area contributed by atoms with Gasteiger partial charge in [0.1, 0.15) is 24.4 Å². The number of rotatable bonds is 10. The van der Waals surface area contributed by atoms with Gasteiger partial charge in [0.25, 0.3) is 0 Å². The lowest BCUT2D eigenvalue weighted by molar-refractivity contribution is 0.0906. The van der Waals surface area contributed by atoms with Crippen molar-refractivity contribution < 1.29 is 13.9 Å². The molecule has 0 amide bonds. The van der Waals surface area contributed by atoms with Crippen LogP contribution in [0.25, 0.3) is 11.0 Å². The molecule has 4 heterocycles. The Morgan fingerprint density at radius 3 is 2.65 bits per heavy atom. The van der Waals surface area contributed by atoms with Crippen LogP contribution in [0.3, 0.4) is 0 Å². The summed E-state index contributed by atoms with van der Waals surface area (Å²) in [6.45, 7) is 8.39. The maximum atomic E-state index is 14.2. The largest absolute Gasteiger partial charge is 0.474 e. The molecule has 0 spiro atoms. The van der Waals surface area contributed by atoms with Crippen LogP contribution >= 0.6 is 0 Å². The van der Waals surface area contributed by atoms with Gasteiger partial charge in [0.2, 0.25) is 11.8 Å². The SMILES string of the molecule is CCn1cncc1Cn1c(CN2CCC(Oc3cccc(OCc4ccc(C#N)cc4F)n3)CC2)nc2ccc(C)cc21. The first-order valence-corrected chi connectivity index (χ1v) is 14.6. The van der Waals surface area contributed by atoms with Crippen molar-refractivity contribution in [2.45, 2.75) is 59.0 Å². The number of aromatic nitrogens is 5. The predicted octanol–water partition coefficient (Wildman–Crippen LogP) is 5.64. The molecule has 5 aromatic rings. The van der Waals surface area contributed by atoms with Gasteiger partial charge in [0.05, 0.1) is 47.8 Å². The van der Waals surface area contributed by atoms with Crippen LogP contribution < -0.4 is 9.47 Å². The van der Waals surface area contributed by atoms with Crippen LogP contribution in [-0.2, 0) is 26.2 Å². The van der Waals surface area contributed by atoms with Crippen molar-refractivity contribution in [2.75, 3.05) is 13.1 Å². The Kier molecular flexibility index (Phi) is 8.34. The van der Waals surface area contributed by atoms with Crippen molar-refractivity contribution in [3.63, 3.8) is 0 Å². The molecule has 0 saturated carbocycles. The van der Waals surface area contributed by atoms with Gasteiger partial charge in [0.15, 0.2) is 0 Å². The summed E-state index contributed by atoms with van der Waals surface area (Å²) in [6, 6.07) is 18.0. The topological polar surface area (TPSA) is 94.0 Å². The van der Waals surface area contributed by atoms with Crippen molar-refractivity contribution in [1.82, 2.24) is 29.0 Å². The molecule has 220 valence electrons. The minimum atomic E-state index is -0.475. The second kappa shape index (κ2) is 12.6. The summed E-state index contributed by atoms with van der Waals surface area (Å²) in [5.74, 6) is 1.42. The van der Waals surface area contributed by atoms with E-state index in [2.05, 4.69) is 56.0 Å². The average Bonchev–Trinajstić information content (AvgIpc) is 3.61. The molecular weight excluding hydrogens is 545 g/mol. The monoisotopic (exact) mass is 579 g/mol. The first-order valence-electron chi connectivity index (χ1n) is 14.6. The van der Waals surface area contributed by atoms with E-state index in [4.69, 9.17) is 19.7 Å². The Labute approximate surface area is 250 Å². The van der Waals surface area contributed by atoms with E-state index >= 15 is 0 Å². The summed E-state index contributed by atoms with van der Waals surface area (Å²) in [5, 5.41) is 8.93. The Morgan fingerprint density at radius 2 is 1.86 bits per heavy atom. The highest BCUT2D eigenvalue weighted by molar-refractivity contribution is 5.77. The minimum absolute atomic E-state index is 0.0114. The Hall–Kier alpha value is -4.75. The normalized spacial score (nSPS) is 14.2. The summed E-state index contributed by atoms with van der Waals surface area (Å²) >= 11 is 0. The molecular formula is C33H34FN7O2. The smallest absolute Gasteiger partial charge is 0.216 e. The summed E-state index contributed by atoms with van der Waals surface area (Å²) in [6.07, 6.45) is 5.60. The third-order valence-corrected chi connectivity index (χ3v) is 7.88. The molecule has 0 N–H and O–H groups in total. The lowest BCUT2D eigenvalue weighted by Gasteiger charge is -2.31. The van der Waals surface area contributed by atoms with Gasteiger partial charge >= 0.3 is 0 Å². The van der Waals surface area contributed by atoms with Crippen LogP contribution in [0.2, 0.25) is 0 Å². The maximum absolute atomic E-state index is 14.2. The molecule has 0 atom stereocenters. The van der Waals surface area contributed by atoms with E-state index in [9.17, 15) is 4.39 Å². The number of nitriles is 1. The van der Waals surface area contributed by atoms with Gasteiger partial charge in [-0.25, -0.2) is 14.4 Å². The molecule has 3 aromatic heterocycles. The van der Waals surface area contributed by atoms with E-state index in [1.807, 2.05) is 30.7 Å². The van der Waals surface area contributed by atoms with E-state index < -0.39 is 5.82 Å². The van der Waals surface area contributed by atoms with Crippen LogP contribution in [0, 0.1) is 24.1 Å². The summed E-state index contributed by atoms with van der Waals surface area (Å²) < 4.78 is 30.7. The number of fused-ring (bicyclic) bond motifs is 1. The number of hydrogen-bond donors (Lipinski definition) is 0. The van der Waals surface area contributed by atoms with Crippen LogP contribution in [-0.4, -0.2) is 48.2 Å². The van der Waals surface area contributed by atoms with Crippen LogP contribution in [0.15, 0.2) is 67.1 Å². The van der Waals surface area contributed by atoms with Crippen molar-refractivity contribution in [3.8, 4) is 17.8 Å². The number of imidazole rings is 2. The summed E-state index contributed by atoms with van der Waals surface area (Å²) in [5.41, 5.74) is 5.17. The van der Waals surface area contributed by atoms with Gasteiger partial charge in [-0.3, -0.25) is 4.90 Å². The van der Waals surface area contributed by atoms with Gasteiger partial charge < -0.3 is 18.6 Å². The van der Waals surface area contributed by atoms with Crippen molar-refractivity contribution in [3.05, 3.63) is 101 Å².